The van der Waals surface area contributed by atoms with Crippen LogP contribution in [0.15, 0.2) is 121 Å². The van der Waals surface area contributed by atoms with Crippen molar-refractivity contribution in [2.24, 2.45) is 0 Å². The Morgan fingerprint density at radius 1 is 0.625 bits per heavy atom. The van der Waals surface area contributed by atoms with E-state index in [1.807, 2.05) is 83.4 Å². The molecule has 8 rings (SSSR count). The fourth-order valence-corrected chi connectivity index (χ4v) is 6.61. The summed E-state index contributed by atoms with van der Waals surface area (Å²) in [6, 6.07) is 38.3. The van der Waals surface area contributed by atoms with Gasteiger partial charge in [0.1, 0.15) is 10.7 Å². The number of thiophene rings is 1. The summed E-state index contributed by atoms with van der Waals surface area (Å²) in [6.45, 7) is 0. The van der Waals surface area contributed by atoms with Crippen LogP contribution in [0, 0.1) is 0 Å². The maximum atomic E-state index is 13.5. The topological polar surface area (TPSA) is 52.0 Å². The summed E-state index contributed by atoms with van der Waals surface area (Å²) in [7, 11) is 0. The highest BCUT2D eigenvalue weighted by molar-refractivity contribution is 7.21. The quantitative estimate of drug-likeness (QED) is 0.169. The second-order valence-corrected chi connectivity index (χ2v) is 11.0. The molecule has 0 bridgehead atoms. The molecule has 0 spiro atoms. The Balaban J connectivity index is 1.28. The third-order valence-corrected chi connectivity index (χ3v) is 8.63. The number of benzene rings is 5. The third-order valence-electron chi connectivity index (χ3n) is 7.57. The molecule has 7 aromatic rings. The summed E-state index contributed by atoms with van der Waals surface area (Å²) in [5.74, 6) is 0.0497. The van der Waals surface area contributed by atoms with Crippen molar-refractivity contribution in [1.29, 1.82) is 0 Å². The number of aromatic nitrogens is 2. The summed E-state index contributed by atoms with van der Waals surface area (Å²) >= 11 is 1.61. The number of hydrogen-bond donors (Lipinski definition) is 0. The van der Waals surface area contributed by atoms with Crippen molar-refractivity contribution in [3.8, 4) is 16.1 Å². The molecule has 188 valence electrons. The Kier molecular flexibility index (Phi) is 4.96. The molecule has 2 aromatic heterocycles. The van der Waals surface area contributed by atoms with E-state index < -0.39 is 0 Å². The van der Waals surface area contributed by atoms with E-state index in [0.717, 1.165) is 37.2 Å². The molecule has 40 heavy (non-hydrogen) atoms. The summed E-state index contributed by atoms with van der Waals surface area (Å²) in [6.07, 6.45) is 1.66. The third kappa shape index (κ3) is 3.49. The van der Waals surface area contributed by atoms with Crippen LogP contribution < -0.4 is 0 Å². The zero-order valence-corrected chi connectivity index (χ0v) is 22.0. The normalized spacial score (nSPS) is 13.1. The van der Waals surface area contributed by atoms with Crippen LogP contribution in [0.3, 0.4) is 0 Å². The van der Waals surface area contributed by atoms with Gasteiger partial charge in [0.25, 0.3) is 0 Å². The van der Waals surface area contributed by atoms with Crippen molar-refractivity contribution in [1.82, 2.24) is 9.55 Å². The Morgan fingerprint density at radius 3 is 1.90 bits per heavy atom. The number of nitrogens with zero attached hydrogens (tertiary/aromatic N) is 2. The molecule has 0 atom stereocenters. The van der Waals surface area contributed by atoms with Gasteiger partial charge in [-0.05, 0) is 69.6 Å². The number of imidazole rings is 1. The highest BCUT2D eigenvalue weighted by Crippen LogP contribution is 2.38. The monoisotopic (exact) mass is 532 g/mol. The first kappa shape index (κ1) is 22.8. The Morgan fingerprint density at radius 2 is 1.23 bits per heavy atom. The van der Waals surface area contributed by atoms with Crippen LogP contribution >= 0.6 is 11.3 Å². The highest BCUT2D eigenvalue weighted by Gasteiger charge is 2.34. The Hall–Kier alpha value is -5.13. The minimum absolute atomic E-state index is 0.148. The zero-order valence-electron chi connectivity index (χ0n) is 21.2. The molecule has 0 unspecified atom stereocenters. The molecule has 0 aliphatic heterocycles. The molecule has 5 heteroatoms. The van der Waals surface area contributed by atoms with E-state index in [-0.39, 0.29) is 17.1 Å². The van der Waals surface area contributed by atoms with E-state index in [0.29, 0.717) is 17.0 Å². The Bertz CT molecular complexity index is 2150. The lowest BCUT2D eigenvalue weighted by molar-refractivity contribution is 0.0990. The number of para-hydroxylation sites is 1. The van der Waals surface area contributed by atoms with Crippen LogP contribution in [0.1, 0.15) is 26.5 Å². The van der Waals surface area contributed by atoms with E-state index in [1.165, 1.54) is 10.8 Å². The lowest BCUT2D eigenvalue weighted by Gasteiger charge is -2.07. The average Bonchev–Trinajstić information content (AvgIpc) is 3.62. The molecule has 2 heterocycles. The summed E-state index contributed by atoms with van der Waals surface area (Å²) < 4.78 is 2.03. The molecular weight excluding hydrogens is 512 g/mol. The second kappa shape index (κ2) is 8.70. The van der Waals surface area contributed by atoms with Crippen molar-refractivity contribution in [2.75, 3.05) is 0 Å². The van der Waals surface area contributed by atoms with Crippen molar-refractivity contribution in [3.05, 3.63) is 138 Å². The number of allylic oxidation sites excluding steroid dienone is 1. The molecule has 0 N–H and O–H groups in total. The van der Waals surface area contributed by atoms with Gasteiger partial charge in [0, 0.05) is 21.7 Å². The van der Waals surface area contributed by atoms with Crippen LogP contribution in [0.5, 0.6) is 0 Å². The zero-order chi connectivity index (χ0) is 26.8. The van der Waals surface area contributed by atoms with Gasteiger partial charge >= 0.3 is 0 Å². The van der Waals surface area contributed by atoms with E-state index >= 15 is 0 Å². The fraction of sp³-hybridized carbons (Fsp3) is 0. The SMILES string of the molecule is O=C1C(=Cc2nc3sc(-c4ccc5ccccc5c4)cc3n2-c2ccccc2)C(=O)c2cc3ccccc3cc21. The van der Waals surface area contributed by atoms with Gasteiger partial charge in [0.2, 0.25) is 0 Å². The van der Waals surface area contributed by atoms with Gasteiger partial charge in [-0.2, -0.15) is 0 Å². The maximum Gasteiger partial charge on any atom is 0.197 e. The maximum absolute atomic E-state index is 13.5. The van der Waals surface area contributed by atoms with Gasteiger partial charge in [-0.25, -0.2) is 4.98 Å². The number of hydrogen-bond acceptors (Lipinski definition) is 4. The smallest absolute Gasteiger partial charge is 0.197 e. The van der Waals surface area contributed by atoms with Crippen LogP contribution in [0.25, 0.3) is 54.1 Å². The van der Waals surface area contributed by atoms with Gasteiger partial charge in [0.15, 0.2) is 11.6 Å². The standard InChI is InChI=1S/C35H20N2O2S/c38-33-27-17-23-10-6-7-11-24(23)18-28(27)34(39)29(33)19-32-36-35-30(37(32)26-12-2-1-3-13-26)20-31(40-35)25-15-14-21-8-4-5-9-22(21)16-25/h1-20H. The highest BCUT2D eigenvalue weighted by atomic mass is 32.1. The Labute approximate surface area is 233 Å². The van der Waals surface area contributed by atoms with Crippen molar-refractivity contribution in [3.63, 3.8) is 0 Å². The van der Waals surface area contributed by atoms with Gasteiger partial charge in [0.05, 0.1) is 11.1 Å². The summed E-state index contributed by atoms with van der Waals surface area (Å²) in [4.78, 5) is 33.9. The van der Waals surface area contributed by atoms with Crippen LogP contribution in [-0.2, 0) is 0 Å². The van der Waals surface area contributed by atoms with Gasteiger partial charge in [-0.1, -0.05) is 78.9 Å². The first-order chi connectivity index (χ1) is 19.6. The lowest BCUT2D eigenvalue weighted by Crippen LogP contribution is -2.03. The van der Waals surface area contributed by atoms with E-state index in [1.54, 1.807) is 17.4 Å². The largest absolute Gasteiger partial charge is 0.292 e. The van der Waals surface area contributed by atoms with Crippen LogP contribution in [0.4, 0.5) is 0 Å². The van der Waals surface area contributed by atoms with Crippen LogP contribution in [-0.4, -0.2) is 21.1 Å². The number of carbonyl (C=O) groups excluding carboxylic acids is 2. The molecule has 0 saturated carbocycles. The molecule has 0 saturated heterocycles. The number of ketones is 2. The minimum Gasteiger partial charge on any atom is -0.292 e. The fourth-order valence-electron chi connectivity index (χ4n) is 5.59. The van der Waals surface area contributed by atoms with E-state index in [4.69, 9.17) is 4.98 Å². The average molecular weight is 533 g/mol. The van der Waals surface area contributed by atoms with Crippen molar-refractivity contribution >= 4 is 60.9 Å². The first-order valence-electron chi connectivity index (χ1n) is 13.0. The molecule has 0 amide bonds. The van der Waals surface area contributed by atoms with Crippen molar-refractivity contribution in [2.45, 2.75) is 0 Å². The molecule has 0 radical (unpaired) electrons. The number of rotatable bonds is 3. The number of Topliss-reactive ketones (excluding diaryl/α,β-unsaturated/α-hetero) is 2. The predicted molar refractivity (Wildman–Crippen MR) is 162 cm³/mol. The first-order valence-corrected chi connectivity index (χ1v) is 13.9. The summed E-state index contributed by atoms with van der Waals surface area (Å²) in [5, 5.41) is 4.27. The molecule has 1 aliphatic carbocycles. The molecule has 5 aromatic carbocycles. The second-order valence-electron chi connectivity index (χ2n) is 9.97. The number of fused-ring (bicyclic) bond motifs is 4. The van der Waals surface area contributed by atoms with Gasteiger partial charge in [-0.3, -0.25) is 14.2 Å². The number of carbonyl (C=O) groups is 2. The lowest BCUT2D eigenvalue weighted by atomic mass is 10.0. The molecule has 0 fully saturated rings. The van der Waals surface area contributed by atoms with Gasteiger partial charge < -0.3 is 0 Å². The predicted octanol–water partition coefficient (Wildman–Crippen LogP) is 8.52. The summed E-state index contributed by atoms with van der Waals surface area (Å²) in [5.41, 5.74) is 4.04. The van der Waals surface area contributed by atoms with Crippen molar-refractivity contribution < 1.29 is 9.59 Å². The molecule has 4 nitrogen and oxygen atoms in total. The van der Waals surface area contributed by atoms with Gasteiger partial charge in [-0.15, -0.1) is 11.3 Å². The molecule has 1 aliphatic rings. The van der Waals surface area contributed by atoms with Crippen LogP contribution in [0.2, 0.25) is 0 Å². The molecular formula is C35H20N2O2S. The minimum atomic E-state index is -0.256. The van der Waals surface area contributed by atoms with E-state index in [9.17, 15) is 9.59 Å². The van der Waals surface area contributed by atoms with E-state index in [2.05, 4.69) is 36.4 Å².